The predicted octanol–water partition coefficient (Wildman–Crippen LogP) is 5.16. The van der Waals surface area contributed by atoms with E-state index in [2.05, 4.69) is 15.9 Å². The van der Waals surface area contributed by atoms with Gasteiger partial charge in [0.25, 0.3) is 0 Å². The topological polar surface area (TPSA) is 0 Å². The highest BCUT2D eigenvalue weighted by Gasteiger charge is 2.06. The second-order valence-electron chi connectivity index (χ2n) is 3.60. The van der Waals surface area contributed by atoms with Crippen molar-refractivity contribution >= 4 is 27.7 Å². The number of hydrogen-bond acceptors (Lipinski definition) is 1. The molecule has 2 rings (SSSR count). The smallest absolute Gasteiger partial charge is 0.159 e. The van der Waals surface area contributed by atoms with E-state index in [1.54, 1.807) is 12.1 Å². The molecule has 0 unspecified atom stereocenters. The average Bonchev–Trinajstić information content (AvgIpc) is 2.32. The molecule has 0 heterocycles. The minimum absolute atomic E-state index is 0.320. The van der Waals surface area contributed by atoms with E-state index >= 15 is 0 Å². The van der Waals surface area contributed by atoms with E-state index in [1.165, 1.54) is 23.9 Å². The van der Waals surface area contributed by atoms with Crippen molar-refractivity contribution in [1.82, 2.24) is 0 Å². The average molecular weight is 333 g/mol. The van der Waals surface area contributed by atoms with Crippen LogP contribution in [0.15, 0.2) is 45.8 Å². The third-order valence-electron chi connectivity index (χ3n) is 2.30. The van der Waals surface area contributed by atoms with E-state index in [0.29, 0.717) is 20.7 Å². The Hall–Kier alpha value is -0.940. The first-order valence-corrected chi connectivity index (χ1v) is 6.86. The zero-order valence-electron chi connectivity index (χ0n) is 9.09. The van der Waals surface area contributed by atoms with E-state index in [9.17, 15) is 13.2 Å². The highest BCUT2D eigenvalue weighted by atomic mass is 79.9. The number of halogens is 4. The van der Waals surface area contributed by atoms with Crippen molar-refractivity contribution in [2.24, 2.45) is 0 Å². The Balaban J connectivity index is 2.09. The van der Waals surface area contributed by atoms with Crippen molar-refractivity contribution in [2.45, 2.75) is 10.6 Å². The first-order valence-electron chi connectivity index (χ1n) is 5.08. The Bertz CT molecular complexity index is 572. The van der Waals surface area contributed by atoms with Crippen LogP contribution in [0.25, 0.3) is 0 Å². The van der Waals surface area contributed by atoms with Crippen LogP contribution in [0.2, 0.25) is 0 Å². The van der Waals surface area contributed by atoms with Gasteiger partial charge in [-0.1, -0.05) is 22.0 Å². The van der Waals surface area contributed by atoms with Crippen molar-refractivity contribution in [3.63, 3.8) is 0 Å². The van der Waals surface area contributed by atoms with Crippen LogP contribution in [0.5, 0.6) is 0 Å². The normalized spacial score (nSPS) is 10.7. The largest absolute Gasteiger partial charge is 0.207 e. The summed E-state index contributed by atoms with van der Waals surface area (Å²) in [7, 11) is 0. The van der Waals surface area contributed by atoms with E-state index in [0.717, 1.165) is 12.1 Å². The molecule has 0 aromatic heterocycles. The lowest BCUT2D eigenvalue weighted by atomic mass is 10.2. The van der Waals surface area contributed by atoms with Gasteiger partial charge in [-0.2, -0.15) is 0 Å². The van der Waals surface area contributed by atoms with Crippen molar-refractivity contribution < 1.29 is 13.2 Å². The van der Waals surface area contributed by atoms with Crippen LogP contribution in [0.1, 0.15) is 5.56 Å². The minimum atomic E-state index is -0.892. The maximum absolute atomic E-state index is 13.5. The Morgan fingerprint density at radius 2 is 1.67 bits per heavy atom. The SMILES string of the molecule is Fc1ccc(SCc2ccc(Br)cc2F)cc1F. The molecule has 2 aromatic carbocycles. The summed E-state index contributed by atoms with van der Waals surface area (Å²) in [5, 5.41) is 0. The van der Waals surface area contributed by atoms with Crippen LogP contribution in [-0.4, -0.2) is 0 Å². The molecule has 0 saturated heterocycles. The van der Waals surface area contributed by atoms with Gasteiger partial charge in [0.15, 0.2) is 11.6 Å². The summed E-state index contributed by atoms with van der Waals surface area (Å²) < 4.78 is 39.9. The van der Waals surface area contributed by atoms with Crippen molar-refractivity contribution in [2.75, 3.05) is 0 Å². The maximum Gasteiger partial charge on any atom is 0.159 e. The van der Waals surface area contributed by atoms with Crippen molar-refractivity contribution in [3.05, 3.63) is 63.9 Å². The Kier molecular flexibility index (Phi) is 4.35. The molecular formula is C13H8BrF3S. The molecule has 18 heavy (non-hydrogen) atoms. The molecule has 0 bridgehead atoms. The van der Waals surface area contributed by atoms with Gasteiger partial charge in [-0.3, -0.25) is 0 Å². The van der Waals surface area contributed by atoms with Gasteiger partial charge in [0.05, 0.1) is 0 Å². The molecule has 0 N–H and O–H groups in total. The molecule has 0 amide bonds. The second kappa shape index (κ2) is 5.80. The summed E-state index contributed by atoms with van der Waals surface area (Å²) >= 11 is 4.43. The first-order chi connectivity index (χ1) is 8.56. The molecule has 0 fully saturated rings. The maximum atomic E-state index is 13.5. The van der Waals surface area contributed by atoms with Crippen LogP contribution >= 0.6 is 27.7 Å². The summed E-state index contributed by atoms with van der Waals surface area (Å²) in [6.07, 6.45) is 0. The van der Waals surface area contributed by atoms with E-state index in [-0.39, 0.29) is 5.82 Å². The third kappa shape index (κ3) is 3.29. The lowest BCUT2D eigenvalue weighted by Gasteiger charge is -2.04. The van der Waals surface area contributed by atoms with Crippen LogP contribution in [0, 0.1) is 17.5 Å². The van der Waals surface area contributed by atoms with E-state index in [1.807, 2.05) is 0 Å². The Morgan fingerprint density at radius 3 is 2.33 bits per heavy atom. The summed E-state index contributed by atoms with van der Waals surface area (Å²) in [6, 6.07) is 8.42. The zero-order chi connectivity index (χ0) is 13.1. The van der Waals surface area contributed by atoms with E-state index < -0.39 is 11.6 Å². The van der Waals surface area contributed by atoms with Crippen molar-refractivity contribution in [1.29, 1.82) is 0 Å². The molecule has 0 nitrogen and oxygen atoms in total. The third-order valence-corrected chi connectivity index (χ3v) is 3.84. The van der Waals surface area contributed by atoms with Crippen LogP contribution < -0.4 is 0 Å². The number of benzene rings is 2. The standard InChI is InChI=1S/C13H8BrF3S/c14-9-2-1-8(12(16)5-9)7-18-10-3-4-11(15)13(17)6-10/h1-6H,7H2. The molecule has 0 saturated carbocycles. The molecule has 5 heteroatoms. The number of rotatable bonds is 3. The summed E-state index contributed by atoms with van der Waals surface area (Å²) in [4.78, 5) is 0.566. The summed E-state index contributed by atoms with van der Waals surface area (Å²) in [5.74, 6) is -1.73. The quantitative estimate of drug-likeness (QED) is 0.699. The monoisotopic (exact) mass is 332 g/mol. The minimum Gasteiger partial charge on any atom is -0.207 e. The first kappa shape index (κ1) is 13.5. The van der Waals surface area contributed by atoms with Gasteiger partial charge in [0, 0.05) is 15.1 Å². The van der Waals surface area contributed by atoms with Crippen LogP contribution in [0.4, 0.5) is 13.2 Å². The fourth-order valence-electron chi connectivity index (χ4n) is 1.37. The number of hydrogen-bond donors (Lipinski definition) is 0. The summed E-state index contributed by atoms with van der Waals surface area (Å²) in [5.41, 5.74) is 0.521. The van der Waals surface area contributed by atoms with Crippen LogP contribution in [0.3, 0.4) is 0 Å². The molecule has 0 spiro atoms. The summed E-state index contributed by atoms with van der Waals surface area (Å²) in [6.45, 7) is 0. The molecule has 0 aliphatic carbocycles. The lowest BCUT2D eigenvalue weighted by molar-refractivity contribution is 0.506. The second-order valence-corrected chi connectivity index (χ2v) is 5.56. The fraction of sp³-hybridized carbons (Fsp3) is 0.0769. The van der Waals surface area contributed by atoms with Crippen LogP contribution in [-0.2, 0) is 5.75 Å². The molecule has 94 valence electrons. The highest BCUT2D eigenvalue weighted by molar-refractivity contribution is 9.10. The number of thioether (sulfide) groups is 1. The molecule has 2 aromatic rings. The van der Waals surface area contributed by atoms with E-state index in [4.69, 9.17) is 0 Å². The van der Waals surface area contributed by atoms with Crippen molar-refractivity contribution in [3.8, 4) is 0 Å². The predicted molar refractivity (Wildman–Crippen MR) is 70.0 cm³/mol. The zero-order valence-corrected chi connectivity index (χ0v) is 11.5. The Labute approximate surface area is 115 Å². The fourth-order valence-corrected chi connectivity index (χ4v) is 2.61. The molecule has 0 aliphatic rings. The van der Waals surface area contributed by atoms with Gasteiger partial charge in [0.1, 0.15) is 5.82 Å². The van der Waals surface area contributed by atoms with Gasteiger partial charge in [0.2, 0.25) is 0 Å². The van der Waals surface area contributed by atoms with Gasteiger partial charge >= 0.3 is 0 Å². The van der Waals surface area contributed by atoms with Gasteiger partial charge in [-0.05, 0) is 35.9 Å². The van der Waals surface area contributed by atoms with Gasteiger partial charge in [-0.25, -0.2) is 13.2 Å². The van der Waals surface area contributed by atoms with Gasteiger partial charge in [-0.15, -0.1) is 11.8 Å². The lowest BCUT2D eigenvalue weighted by Crippen LogP contribution is -1.88. The molecule has 0 atom stereocenters. The molecule has 0 aliphatic heterocycles. The molecule has 0 radical (unpaired) electrons. The molecular weight excluding hydrogens is 325 g/mol. The van der Waals surface area contributed by atoms with Gasteiger partial charge < -0.3 is 0 Å². The Morgan fingerprint density at radius 1 is 0.889 bits per heavy atom. The highest BCUT2D eigenvalue weighted by Crippen LogP contribution is 2.26.